The highest BCUT2D eigenvalue weighted by atomic mass is 28.4. The molecule has 1 nitrogen and oxygen atoms in total. The molecule has 0 radical (unpaired) electrons. The molecule has 0 rings (SSSR count). The third kappa shape index (κ3) is 12.4. The fraction of sp³-hybridized carbons (Fsp3) is 0.875. The SMILES string of the molecule is C=C[Si](C)(C)OCCCCCCCCCCCC. The predicted octanol–water partition coefficient (Wildman–Crippen LogP) is 5.85. The average molecular weight is 271 g/mol. The molecule has 0 aliphatic heterocycles. The van der Waals surface area contributed by atoms with E-state index in [1.807, 2.05) is 5.70 Å². The highest BCUT2D eigenvalue weighted by Crippen LogP contribution is 2.11. The fourth-order valence-electron chi connectivity index (χ4n) is 1.98. The normalized spacial score (nSPS) is 11.7. The average Bonchev–Trinajstić information content (AvgIpc) is 2.36. The Kier molecular flexibility index (Phi) is 11.9. The first-order chi connectivity index (χ1) is 8.62. The minimum Gasteiger partial charge on any atom is -0.414 e. The van der Waals surface area contributed by atoms with E-state index in [1.165, 1.54) is 64.2 Å². The van der Waals surface area contributed by atoms with Crippen LogP contribution in [0.1, 0.15) is 71.1 Å². The molecule has 0 aromatic heterocycles. The van der Waals surface area contributed by atoms with Crippen molar-refractivity contribution in [3.63, 3.8) is 0 Å². The van der Waals surface area contributed by atoms with Crippen molar-refractivity contribution in [1.82, 2.24) is 0 Å². The molecule has 0 aliphatic rings. The van der Waals surface area contributed by atoms with Crippen molar-refractivity contribution < 1.29 is 4.43 Å². The maximum Gasteiger partial charge on any atom is 0.210 e. The zero-order valence-electron chi connectivity index (χ0n) is 13.0. The zero-order chi connectivity index (χ0) is 13.7. The number of rotatable bonds is 13. The van der Waals surface area contributed by atoms with Crippen molar-refractivity contribution >= 4 is 8.32 Å². The summed E-state index contributed by atoms with van der Waals surface area (Å²) < 4.78 is 5.87. The van der Waals surface area contributed by atoms with Gasteiger partial charge < -0.3 is 4.43 Å². The molecule has 0 saturated heterocycles. The Bertz CT molecular complexity index is 190. The van der Waals surface area contributed by atoms with Crippen LogP contribution in [0.2, 0.25) is 13.1 Å². The monoisotopic (exact) mass is 270 g/mol. The molecule has 18 heavy (non-hydrogen) atoms. The van der Waals surface area contributed by atoms with Crippen LogP contribution in [0, 0.1) is 0 Å². The van der Waals surface area contributed by atoms with Gasteiger partial charge in [0.1, 0.15) is 0 Å². The summed E-state index contributed by atoms with van der Waals surface area (Å²) in [5.74, 6) is 0. The Morgan fingerprint density at radius 3 is 1.72 bits per heavy atom. The van der Waals surface area contributed by atoms with Crippen LogP contribution in [0.3, 0.4) is 0 Å². The summed E-state index contributed by atoms with van der Waals surface area (Å²) in [6.07, 6.45) is 13.9. The van der Waals surface area contributed by atoms with Gasteiger partial charge in [0.2, 0.25) is 8.32 Å². The minimum atomic E-state index is -1.51. The van der Waals surface area contributed by atoms with Crippen LogP contribution in [0.15, 0.2) is 12.3 Å². The second-order valence-corrected chi connectivity index (χ2v) is 9.74. The second-order valence-electron chi connectivity index (χ2n) is 5.84. The molecule has 0 unspecified atom stereocenters. The molecular formula is C16H34OSi. The van der Waals surface area contributed by atoms with Gasteiger partial charge in [0.15, 0.2) is 0 Å². The lowest BCUT2D eigenvalue weighted by Crippen LogP contribution is -2.27. The Balaban J connectivity index is 3.10. The highest BCUT2D eigenvalue weighted by molar-refractivity contribution is 6.76. The summed E-state index contributed by atoms with van der Waals surface area (Å²) in [7, 11) is -1.51. The molecular weight excluding hydrogens is 236 g/mol. The van der Waals surface area contributed by atoms with Crippen molar-refractivity contribution in [1.29, 1.82) is 0 Å². The smallest absolute Gasteiger partial charge is 0.210 e. The zero-order valence-corrected chi connectivity index (χ0v) is 14.0. The summed E-state index contributed by atoms with van der Waals surface area (Å²) >= 11 is 0. The molecule has 0 fully saturated rings. The van der Waals surface area contributed by atoms with E-state index >= 15 is 0 Å². The maximum atomic E-state index is 5.87. The minimum absolute atomic E-state index is 0.932. The van der Waals surface area contributed by atoms with Crippen LogP contribution in [-0.2, 0) is 4.43 Å². The van der Waals surface area contributed by atoms with Gasteiger partial charge in [0.25, 0.3) is 0 Å². The van der Waals surface area contributed by atoms with E-state index in [0.29, 0.717) is 0 Å². The Morgan fingerprint density at radius 1 is 0.833 bits per heavy atom. The van der Waals surface area contributed by atoms with E-state index in [1.54, 1.807) is 0 Å². The summed E-state index contributed by atoms with van der Waals surface area (Å²) in [4.78, 5) is 0. The van der Waals surface area contributed by atoms with E-state index in [0.717, 1.165) is 6.61 Å². The molecule has 0 aliphatic carbocycles. The van der Waals surface area contributed by atoms with Gasteiger partial charge in [-0.2, -0.15) is 0 Å². The Morgan fingerprint density at radius 2 is 1.28 bits per heavy atom. The first-order valence-corrected chi connectivity index (χ1v) is 10.9. The lowest BCUT2D eigenvalue weighted by atomic mass is 10.1. The lowest BCUT2D eigenvalue weighted by Gasteiger charge is -2.17. The molecule has 0 atom stereocenters. The van der Waals surface area contributed by atoms with Gasteiger partial charge in [-0.05, 0) is 19.5 Å². The third-order valence-corrected chi connectivity index (χ3v) is 5.39. The Labute approximate surface area is 116 Å². The molecule has 0 N–H and O–H groups in total. The van der Waals surface area contributed by atoms with Crippen molar-refractivity contribution in [2.45, 2.75) is 84.2 Å². The number of unbranched alkanes of at least 4 members (excludes halogenated alkanes) is 9. The van der Waals surface area contributed by atoms with Gasteiger partial charge in [-0.15, -0.1) is 6.58 Å². The van der Waals surface area contributed by atoms with Crippen LogP contribution in [-0.4, -0.2) is 14.9 Å². The van der Waals surface area contributed by atoms with E-state index in [4.69, 9.17) is 4.43 Å². The quantitative estimate of drug-likeness (QED) is 0.301. The molecule has 0 bridgehead atoms. The van der Waals surface area contributed by atoms with E-state index in [-0.39, 0.29) is 0 Å². The van der Waals surface area contributed by atoms with E-state index in [9.17, 15) is 0 Å². The van der Waals surface area contributed by atoms with Crippen LogP contribution in [0.5, 0.6) is 0 Å². The molecule has 0 aromatic rings. The van der Waals surface area contributed by atoms with Crippen LogP contribution in [0.25, 0.3) is 0 Å². The second kappa shape index (κ2) is 12.0. The summed E-state index contributed by atoms with van der Waals surface area (Å²) in [6.45, 7) is 11.5. The van der Waals surface area contributed by atoms with Crippen molar-refractivity contribution in [3.8, 4) is 0 Å². The van der Waals surface area contributed by atoms with Gasteiger partial charge in [0, 0.05) is 6.61 Å². The number of hydrogen-bond donors (Lipinski definition) is 0. The molecule has 0 heterocycles. The van der Waals surface area contributed by atoms with Crippen molar-refractivity contribution in [2.75, 3.05) is 6.61 Å². The molecule has 0 aromatic carbocycles. The van der Waals surface area contributed by atoms with Gasteiger partial charge in [-0.1, -0.05) is 70.4 Å². The van der Waals surface area contributed by atoms with Gasteiger partial charge in [0.05, 0.1) is 0 Å². The molecule has 108 valence electrons. The molecule has 0 amide bonds. The fourth-order valence-corrected chi connectivity index (χ4v) is 2.77. The third-order valence-electron chi connectivity index (χ3n) is 3.46. The number of hydrogen-bond acceptors (Lipinski definition) is 1. The summed E-state index contributed by atoms with van der Waals surface area (Å²) in [5, 5.41) is 0. The van der Waals surface area contributed by atoms with Gasteiger partial charge in [-0.3, -0.25) is 0 Å². The van der Waals surface area contributed by atoms with E-state index in [2.05, 4.69) is 26.6 Å². The molecule has 0 saturated carbocycles. The topological polar surface area (TPSA) is 9.23 Å². The van der Waals surface area contributed by atoms with Crippen LogP contribution in [0.4, 0.5) is 0 Å². The summed E-state index contributed by atoms with van der Waals surface area (Å²) in [6, 6.07) is 0. The van der Waals surface area contributed by atoms with Gasteiger partial charge >= 0.3 is 0 Å². The Hall–Kier alpha value is -0.0831. The standard InChI is InChI=1S/C16H34OSi/c1-5-7-8-9-10-11-12-13-14-15-16-17-18(3,4)6-2/h6H,2,5,7-16H2,1,3-4H3. The van der Waals surface area contributed by atoms with Crippen molar-refractivity contribution in [3.05, 3.63) is 12.3 Å². The van der Waals surface area contributed by atoms with Gasteiger partial charge in [-0.25, -0.2) is 0 Å². The molecule has 2 heteroatoms. The first-order valence-electron chi connectivity index (χ1n) is 7.90. The summed E-state index contributed by atoms with van der Waals surface area (Å²) in [5.41, 5.74) is 2.02. The predicted molar refractivity (Wildman–Crippen MR) is 85.5 cm³/mol. The maximum absolute atomic E-state index is 5.87. The lowest BCUT2D eigenvalue weighted by molar-refractivity contribution is 0.301. The van der Waals surface area contributed by atoms with Crippen molar-refractivity contribution in [2.24, 2.45) is 0 Å². The highest BCUT2D eigenvalue weighted by Gasteiger charge is 2.16. The largest absolute Gasteiger partial charge is 0.414 e. The van der Waals surface area contributed by atoms with Crippen LogP contribution < -0.4 is 0 Å². The van der Waals surface area contributed by atoms with Crippen LogP contribution >= 0.6 is 0 Å². The van der Waals surface area contributed by atoms with E-state index < -0.39 is 8.32 Å². The molecule has 0 spiro atoms. The first kappa shape index (κ1) is 17.9.